The molecule has 24 heavy (non-hydrogen) atoms. The van der Waals surface area contributed by atoms with E-state index in [1.54, 1.807) is 45.8 Å². The van der Waals surface area contributed by atoms with Crippen LogP contribution in [0.3, 0.4) is 0 Å². The maximum absolute atomic E-state index is 12.6. The summed E-state index contributed by atoms with van der Waals surface area (Å²) in [5.41, 5.74) is 4.47. The molecule has 0 aliphatic rings. The Morgan fingerprint density at radius 3 is 2.83 bits per heavy atom. The van der Waals surface area contributed by atoms with E-state index in [4.69, 9.17) is 11.6 Å². The first-order chi connectivity index (χ1) is 11.7. The number of nitrogens with one attached hydrogen (secondary N) is 1. The third-order valence-corrected chi connectivity index (χ3v) is 4.73. The van der Waals surface area contributed by atoms with Gasteiger partial charge < -0.3 is 5.32 Å². The largest absolute Gasteiger partial charge is 0.319 e. The first-order valence-electron chi connectivity index (χ1n) is 7.14. The monoisotopic (exact) mass is 354 g/mol. The number of rotatable bonds is 3. The van der Waals surface area contributed by atoms with E-state index in [-0.39, 0.29) is 5.91 Å². The van der Waals surface area contributed by atoms with E-state index < -0.39 is 0 Å². The highest BCUT2D eigenvalue weighted by molar-refractivity contribution is 7.13. The second-order valence-corrected chi connectivity index (χ2v) is 6.38. The Morgan fingerprint density at radius 2 is 2.04 bits per heavy atom. The summed E-state index contributed by atoms with van der Waals surface area (Å²) in [5.74, 6) is -0.267. The maximum Gasteiger partial charge on any atom is 0.274 e. The maximum atomic E-state index is 12.6. The molecule has 4 rings (SSSR count). The van der Waals surface area contributed by atoms with Crippen molar-refractivity contribution in [3.63, 3.8) is 0 Å². The Bertz CT molecular complexity index is 1030. The Kier molecular flexibility index (Phi) is 3.76. The molecule has 1 N–H and O–H groups in total. The number of benzene rings is 1. The van der Waals surface area contributed by atoms with Gasteiger partial charge in [-0.05, 0) is 24.3 Å². The highest BCUT2D eigenvalue weighted by atomic mass is 35.5. The quantitative estimate of drug-likeness (QED) is 0.594. The fourth-order valence-corrected chi connectivity index (χ4v) is 3.20. The molecule has 4 aromatic rings. The number of hydrogen-bond donors (Lipinski definition) is 1. The number of imidazole rings is 1. The highest BCUT2D eigenvalue weighted by Gasteiger charge is 2.14. The van der Waals surface area contributed by atoms with Crippen molar-refractivity contribution in [2.24, 2.45) is 0 Å². The van der Waals surface area contributed by atoms with E-state index in [0.717, 1.165) is 10.4 Å². The fraction of sp³-hybridized carbons (Fsp3) is 0. The summed E-state index contributed by atoms with van der Waals surface area (Å²) < 4.78 is 1.77. The molecule has 3 aromatic heterocycles. The molecule has 0 saturated heterocycles. The number of hydrogen-bond acceptors (Lipinski definition) is 4. The number of aromatic nitrogens is 3. The average Bonchev–Trinajstić information content (AvgIpc) is 3.25. The smallest absolute Gasteiger partial charge is 0.274 e. The molecule has 0 spiro atoms. The van der Waals surface area contributed by atoms with Crippen molar-refractivity contribution < 1.29 is 4.79 Å². The van der Waals surface area contributed by atoms with Crippen molar-refractivity contribution in [2.45, 2.75) is 0 Å². The van der Waals surface area contributed by atoms with Gasteiger partial charge in [-0.3, -0.25) is 14.2 Å². The number of carbonyl (C=O) groups excluding carboxylic acids is 1. The molecule has 7 heteroatoms. The SMILES string of the molecule is O=C(Nc1ccccc1Cl)c1cnc2ccc(-c3cncs3)cn12. The summed E-state index contributed by atoms with van der Waals surface area (Å²) in [7, 11) is 0. The van der Waals surface area contributed by atoms with Crippen LogP contribution in [0, 0.1) is 0 Å². The number of nitrogens with zero attached hydrogens (tertiary/aromatic N) is 3. The molecule has 0 radical (unpaired) electrons. The van der Waals surface area contributed by atoms with E-state index >= 15 is 0 Å². The standard InChI is InChI=1S/C17H11ClN4OS/c18-12-3-1-2-4-13(12)21-17(23)14-7-20-16-6-5-11(9-22(14)16)15-8-19-10-24-15/h1-10H,(H,21,23). The number of pyridine rings is 1. The molecule has 5 nitrogen and oxygen atoms in total. The Balaban J connectivity index is 1.72. The van der Waals surface area contributed by atoms with Crippen molar-refractivity contribution in [1.82, 2.24) is 14.4 Å². The van der Waals surface area contributed by atoms with Gasteiger partial charge in [0.2, 0.25) is 0 Å². The average molecular weight is 355 g/mol. The van der Waals surface area contributed by atoms with Gasteiger partial charge in [0.1, 0.15) is 11.3 Å². The lowest BCUT2D eigenvalue weighted by Crippen LogP contribution is -2.14. The van der Waals surface area contributed by atoms with Gasteiger partial charge in [-0.1, -0.05) is 23.7 Å². The van der Waals surface area contributed by atoms with Crippen LogP contribution >= 0.6 is 22.9 Å². The van der Waals surface area contributed by atoms with E-state index in [1.165, 1.54) is 0 Å². The first kappa shape index (κ1) is 14.9. The number of thiazole rings is 1. The summed E-state index contributed by atoms with van der Waals surface area (Å²) in [6.45, 7) is 0. The molecular formula is C17H11ClN4OS. The minimum atomic E-state index is -0.267. The summed E-state index contributed by atoms with van der Waals surface area (Å²) in [4.78, 5) is 22.0. The predicted molar refractivity (Wildman–Crippen MR) is 95.7 cm³/mol. The zero-order valence-corrected chi connectivity index (χ0v) is 13.9. The normalized spacial score (nSPS) is 10.9. The lowest BCUT2D eigenvalue weighted by molar-refractivity contribution is 0.102. The van der Waals surface area contributed by atoms with Crippen LogP contribution in [0.4, 0.5) is 5.69 Å². The van der Waals surface area contributed by atoms with Gasteiger partial charge in [0, 0.05) is 18.0 Å². The summed E-state index contributed by atoms with van der Waals surface area (Å²) in [6, 6.07) is 11.0. The number of amides is 1. The minimum Gasteiger partial charge on any atom is -0.319 e. The van der Waals surface area contributed by atoms with E-state index in [2.05, 4.69) is 15.3 Å². The Morgan fingerprint density at radius 1 is 1.17 bits per heavy atom. The number of carbonyl (C=O) groups is 1. The Labute approximate surface area is 146 Å². The molecular weight excluding hydrogens is 344 g/mol. The van der Waals surface area contributed by atoms with Gasteiger partial charge in [0.15, 0.2) is 0 Å². The fourth-order valence-electron chi connectivity index (χ4n) is 2.40. The van der Waals surface area contributed by atoms with Gasteiger partial charge >= 0.3 is 0 Å². The van der Waals surface area contributed by atoms with Crippen molar-refractivity contribution >= 4 is 40.2 Å². The van der Waals surface area contributed by atoms with Crippen LogP contribution in [-0.2, 0) is 0 Å². The summed E-state index contributed by atoms with van der Waals surface area (Å²) in [5, 5.41) is 3.31. The number of anilines is 1. The van der Waals surface area contributed by atoms with Crippen molar-refractivity contribution in [3.05, 3.63) is 71.2 Å². The summed E-state index contributed by atoms with van der Waals surface area (Å²) >= 11 is 7.64. The second-order valence-electron chi connectivity index (χ2n) is 5.09. The Hall–Kier alpha value is -2.70. The van der Waals surface area contributed by atoms with E-state index in [0.29, 0.717) is 22.1 Å². The van der Waals surface area contributed by atoms with Crippen LogP contribution in [0.2, 0.25) is 5.02 Å². The number of halogens is 1. The molecule has 118 valence electrons. The third kappa shape index (κ3) is 2.66. The molecule has 0 unspecified atom stereocenters. The number of fused-ring (bicyclic) bond motifs is 1. The molecule has 0 saturated carbocycles. The molecule has 0 aliphatic heterocycles. The molecule has 0 aliphatic carbocycles. The number of para-hydroxylation sites is 1. The van der Waals surface area contributed by atoms with Gasteiger partial charge in [0.05, 0.1) is 27.3 Å². The van der Waals surface area contributed by atoms with Crippen LogP contribution in [-0.4, -0.2) is 20.3 Å². The van der Waals surface area contributed by atoms with Gasteiger partial charge in [0.25, 0.3) is 5.91 Å². The topological polar surface area (TPSA) is 59.3 Å². The van der Waals surface area contributed by atoms with Gasteiger partial charge in [-0.2, -0.15) is 0 Å². The molecule has 3 heterocycles. The van der Waals surface area contributed by atoms with Gasteiger partial charge in [-0.15, -0.1) is 11.3 Å². The second kappa shape index (κ2) is 6.07. The molecule has 0 fully saturated rings. The molecule has 1 aromatic carbocycles. The van der Waals surface area contributed by atoms with Crippen LogP contribution in [0.1, 0.15) is 10.5 Å². The van der Waals surface area contributed by atoms with Crippen molar-refractivity contribution in [2.75, 3.05) is 5.32 Å². The predicted octanol–water partition coefficient (Wildman–Crippen LogP) is 4.36. The zero-order chi connectivity index (χ0) is 16.5. The lowest BCUT2D eigenvalue weighted by Gasteiger charge is -2.07. The van der Waals surface area contributed by atoms with Crippen molar-refractivity contribution in [1.29, 1.82) is 0 Å². The summed E-state index contributed by atoms with van der Waals surface area (Å²) in [6.07, 6.45) is 5.24. The lowest BCUT2D eigenvalue weighted by atomic mass is 10.2. The highest BCUT2D eigenvalue weighted by Crippen LogP contribution is 2.25. The minimum absolute atomic E-state index is 0.267. The molecule has 1 amide bonds. The van der Waals surface area contributed by atoms with Crippen LogP contribution < -0.4 is 5.32 Å². The molecule has 0 bridgehead atoms. The van der Waals surface area contributed by atoms with Crippen molar-refractivity contribution in [3.8, 4) is 10.4 Å². The van der Waals surface area contributed by atoms with Crippen LogP contribution in [0.25, 0.3) is 16.1 Å². The van der Waals surface area contributed by atoms with E-state index in [1.807, 2.05) is 30.5 Å². The molecule has 0 atom stereocenters. The third-order valence-electron chi connectivity index (χ3n) is 3.58. The van der Waals surface area contributed by atoms with E-state index in [9.17, 15) is 4.79 Å². The van der Waals surface area contributed by atoms with Crippen LogP contribution in [0.15, 0.2) is 60.5 Å². The zero-order valence-electron chi connectivity index (χ0n) is 12.3. The first-order valence-corrected chi connectivity index (χ1v) is 8.40. The van der Waals surface area contributed by atoms with Crippen LogP contribution in [0.5, 0.6) is 0 Å². The van der Waals surface area contributed by atoms with Gasteiger partial charge in [-0.25, -0.2) is 4.98 Å².